The second-order valence-electron chi connectivity index (χ2n) is 10.2. The van der Waals surface area contributed by atoms with Gasteiger partial charge < -0.3 is 9.88 Å². The van der Waals surface area contributed by atoms with Crippen LogP contribution in [0.2, 0.25) is 0 Å². The highest BCUT2D eigenvalue weighted by Crippen LogP contribution is 2.42. The summed E-state index contributed by atoms with van der Waals surface area (Å²) in [6, 6.07) is 21.1. The number of benzene rings is 3. The van der Waals surface area contributed by atoms with Crippen LogP contribution in [0.4, 0.5) is 11.5 Å². The molecule has 42 heavy (non-hydrogen) atoms. The van der Waals surface area contributed by atoms with Crippen LogP contribution < -0.4 is 5.32 Å². The molecule has 2 aromatic heterocycles. The largest absolute Gasteiger partial charge is 0.307 e. The summed E-state index contributed by atoms with van der Waals surface area (Å²) in [5.41, 5.74) is 2.11. The van der Waals surface area contributed by atoms with Crippen molar-refractivity contribution in [1.29, 1.82) is 0 Å². The Morgan fingerprint density at radius 2 is 1.62 bits per heavy atom. The van der Waals surface area contributed by atoms with Gasteiger partial charge in [0.15, 0.2) is 5.65 Å². The van der Waals surface area contributed by atoms with Gasteiger partial charge in [-0.1, -0.05) is 61.7 Å². The minimum atomic E-state index is -4.15. The van der Waals surface area contributed by atoms with Crippen molar-refractivity contribution in [2.45, 2.75) is 47.9 Å². The van der Waals surface area contributed by atoms with Gasteiger partial charge in [0.1, 0.15) is 16.2 Å². The second-order valence-corrected chi connectivity index (χ2v) is 12.1. The zero-order chi connectivity index (χ0) is 29.3. The van der Waals surface area contributed by atoms with Crippen molar-refractivity contribution in [2.24, 2.45) is 0 Å². The average molecular weight is 582 g/mol. The monoisotopic (exact) mass is 581 g/mol. The molecule has 0 spiro atoms. The Hall–Kier alpha value is -4.90. The molecule has 6 rings (SSSR count). The van der Waals surface area contributed by atoms with Crippen molar-refractivity contribution >= 4 is 55.5 Å². The number of nitrogens with one attached hydrogen (secondary N) is 1. The van der Waals surface area contributed by atoms with Crippen LogP contribution in [0.1, 0.15) is 43.7 Å². The molecule has 1 aliphatic carbocycles. The minimum Gasteiger partial charge on any atom is -0.307 e. The van der Waals surface area contributed by atoms with E-state index in [9.17, 15) is 23.3 Å². The molecule has 2 heterocycles. The van der Waals surface area contributed by atoms with E-state index in [1.807, 2.05) is 22.8 Å². The number of amides is 1. The highest BCUT2D eigenvalue weighted by atomic mass is 32.2. The van der Waals surface area contributed by atoms with Crippen molar-refractivity contribution in [1.82, 2.24) is 14.5 Å². The molecule has 0 aliphatic heterocycles. The number of aromatic nitrogens is 3. The van der Waals surface area contributed by atoms with Gasteiger partial charge in [0.2, 0.25) is 15.7 Å². The second kappa shape index (κ2) is 11.2. The van der Waals surface area contributed by atoms with Gasteiger partial charge >= 0.3 is 0 Å². The molecule has 10 nitrogen and oxygen atoms in total. The molecule has 3 aromatic carbocycles. The number of hydrogen-bond acceptors (Lipinski definition) is 7. The maximum Gasteiger partial charge on any atom is 0.270 e. The predicted octanol–water partition coefficient (Wildman–Crippen LogP) is 6.48. The molecular weight excluding hydrogens is 554 g/mol. The maximum atomic E-state index is 14.2. The summed E-state index contributed by atoms with van der Waals surface area (Å²) in [4.78, 5) is 33.7. The predicted molar refractivity (Wildman–Crippen MR) is 160 cm³/mol. The van der Waals surface area contributed by atoms with E-state index in [1.54, 1.807) is 30.3 Å². The Kier molecular flexibility index (Phi) is 7.26. The molecule has 212 valence electrons. The topological polar surface area (TPSA) is 137 Å². The summed E-state index contributed by atoms with van der Waals surface area (Å²) in [7, 11) is -4.15. The first-order valence-electron chi connectivity index (χ1n) is 13.7. The smallest absolute Gasteiger partial charge is 0.270 e. The van der Waals surface area contributed by atoms with Crippen LogP contribution in [0, 0.1) is 10.1 Å². The quantitative estimate of drug-likeness (QED) is 0.132. The zero-order valence-corrected chi connectivity index (χ0v) is 23.3. The highest BCUT2D eigenvalue weighted by Gasteiger charge is 2.34. The van der Waals surface area contributed by atoms with Crippen molar-refractivity contribution in [2.75, 3.05) is 5.32 Å². The van der Waals surface area contributed by atoms with E-state index >= 15 is 0 Å². The molecule has 1 fully saturated rings. The number of fused-ring (bicyclic) bond motifs is 2. The van der Waals surface area contributed by atoms with Gasteiger partial charge in [0, 0.05) is 24.3 Å². The fraction of sp³-hybridized carbons (Fsp3) is 0.194. The van der Waals surface area contributed by atoms with Crippen LogP contribution in [0.5, 0.6) is 0 Å². The molecule has 5 aromatic rings. The van der Waals surface area contributed by atoms with Gasteiger partial charge in [-0.05, 0) is 48.7 Å². The molecule has 0 saturated heterocycles. The van der Waals surface area contributed by atoms with Gasteiger partial charge in [-0.2, -0.15) is 0 Å². The van der Waals surface area contributed by atoms with Crippen molar-refractivity contribution in [3.8, 4) is 0 Å². The van der Waals surface area contributed by atoms with Gasteiger partial charge in [-0.25, -0.2) is 18.4 Å². The van der Waals surface area contributed by atoms with E-state index in [1.165, 1.54) is 42.5 Å². The lowest BCUT2D eigenvalue weighted by atomic mass is 9.95. The summed E-state index contributed by atoms with van der Waals surface area (Å²) in [5.74, 6) is -0.472. The van der Waals surface area contributed by atoms with Gasteiger partial charge in [-0.3, -0.25) is 14.9 Å². The Balaban J connectivity index is 1.55. The lowest BCUT2D eigenvalue weighted by Gasteiger charge is -2.26. The van der Waals surface area contributed by atoms with Crippen LogP contribution in [0.25, 0.3) is 28.3 Å². The third-order valence-electron chi connectivity index (χ3n) is 7.46. The third kappa shape index (κ3) is 5.14. The minimum absolute atomic E-state index is 0.0743. The summed E-state index contributed by atoms with van der Waals surface area (Å²) in [6.07, 6.45) is 7.29. The van der Waals surface area contributed by atoms with Crippen molar-refractivity contribution in [3.05, 3.63) is 101 Å². The van der Waals surface area contributed by atoms with E-state index < -0.39 is 20.7 Å². The Bertz CT molecular complexity index is 1960. The standard InChI is InChI=1S/C31H27N5O5S/c37-27(19-18-21-10-9-13-23(20-21)36(38)39)34-31-29(42(40,41)24-14-5-2-6-15-24)28-30(35(31)22-11-3-1-4-12-22)33-26-17-8-7-16-25(26)32-28/h2,5-10,13-20,22H,1,3-4,11-12H2,(H,34,37)/b19-18+. The summed E-state index contributed by atoms with van der Waals surface area (Å²) in [6.45, 7) is 0. The molecule has 0 bridgehead atoms. The first kappa shape index (κ1) is 27.3. The zero-order valence-electron chi connectivity index (χ0n) is 22.5. The number of carbonyl (C=O) groups excluding carboxylic acids is 1. The average Bonchev–Trinajstić information content (AvgIpc) is 3.32. The number of para-hydroxylation sites is 2. The number of nitro benzene ring substituents is 1. The summed E-state index contributed by atoms with van der Waals surface area (Å²) < 4.78 is 30.3. The third-order valence-corrected chi connectivity index (χ3v) is 9.28. The van der Waals surface area contributed by atoms with Crippen LogP contribution in [0.15, 0.2) is 94.7 Å². The molecule has 1 amide bonds. The number of non-ortho nitro benzene ring substituents is 1. The first-order valence-corrected chi connectivity index (χ1v) is 15.2. The van der Waals surface area contributed by atoms with Crippen LogP contribution in [-0.4, -0.2) is 33.8 Å². The number of nitrogens with zero attached hydrogens (tertiary/aromatic N) is 4. The van der Waals surface area contributed by atoms with Gasteiger partial charge in [-0.15, -0.1) is 0 Å². The lowest BCUT2D eigenvalue weighted by molar-refractivity contribution is -0.384. The molecule has 1 saturated carbocycles. The number of sulfone groups is 1. The summed E-state index contributed by atoms with van der Waals surface area (Å²) >= 11 is 0. The molecule has 1 aliphatic rings. The van der Waals surface area contributed by atoms with Crippen LogP contribution >= 0.6 is 0 Å². The van der Waals surface area contributed by atoms with E-state index in [-0.39, 0.29) is 32.9 Å². The maximum absolute atomic E-state index is 14.2. The Morgan fingerprint density at radius 3 is 2.33 bits per heavy atom. The Morgan fingerprint density at radius 1 is 0.929 bits per heavy atom. The van der Waals surface area contributed by atoms with Crippen LogP contribution in [-0.2, 0) is 14.6 Å². The first-order chi connectivity index (χ1) is 20.3. The Labute approximate surface area is 241 Å². The molecule has 11 heteroatoms. The van der Waals surface area contributed by atoms with E-state index in [0.717, 1.165) is 32.1 Å². The highest BCUT2D eigenvalue weighted by molar-refractivity contribution is 7.92. The van der Waals surface area contributed by atoms with Crippen molar-refractivity contribution < 1.29 is 18.1 Å². The van der Waals surface area contributed by atoms with E-state index in [2.05, 4.69) is 5.32 Å². The van der Waals surface area contributed by atoms with Gasteiger partial charge in [0.05, 0.1) is 20.9 Å². The van der Waals surface area contributed by atoms with E-state index in [0.29, 0.717) is 22.2 Å². The normalized spacial score (nSPS) is 14.5. The fourth-order valence-electron chi connectivity index (χ4n) is 5.49. The molecule has 0 radical (unpaired) electrons. The molecule has 0 atom stereocenters. The number of carbonyl (C=O) groups is 1. The number of rotatable bonds is 7. The number of nitro groups is 1. The number of anilines is 1. The summed E-state index contributed by atoms with van der Waals surface area (Å²) in [5, 5.41) is 14.0. The van der Waals surface area contributed by atoms with E-state index in [4.69, 9.17) is 9.97 Å². The lowest BCUT2D eigenvalue weighted by Crippen LogP contribution is -2.20. The molecule has 0 unspecified atom stereocenters. The fourth-order valence-corrected chi connectivity index (χ4v) is 7.04. The van der Waals surface area contributed by atoms with Crippen LogP contribution in [0.3, 0.4) is 0 Å². The SMILES string of the molecule is O=C(/C=C/c1cccc([N+](=O)[O-])c1)Nc1c(S(=O)(=O)c2ccccc2)c2nc3ccccc3nc2n1C1CCCCC1. The van der Waals surface area contributed by atoms with Gasteiger partial charge in [0.25, 0.3) is 5.69 Å². The molecule has 1 N–H and O–H groups in total. The number of hydrogen-bond donors (Lipinski definition) is 1. The molecular formula is C31H27N5O5S. The van der Waals surface area contributed by atoms with Crippen molar-refractivity contribution in [3.63, 3.8) is 0 Å².